The van der Waals surface area contributed by atoms with Crippen molar-refractivity contribution >= 4 is 22.8 Å². The first-order chi connectivity index (χ1) is 10.5. The number of aryl methyl sites for hydroxylation is 2. The van der Waals surface area contributed by atoms with Crippen LogP contribution >= 0.6 is 0 Å². The third kappa shape index (κ3) is 3.87. The van der Waals surface area contributed by atoms with Gasteiger partial charge in [-0.3, -0.25) is 9.59 Å². The predicted molar refractivity (Wildman–Crippen MR) is 85.9 cm³/mol. The van der Waals surface area contributed by atoms with Gasteiger partial charge in [0.1, 0.15) is 0 Å². The third-order valence-corrected chi connectivity index (χ3v) is 3.93. The molecule has 1 amide bonds. The summed E-state index contributed by atoms with van der Waals surface area (Å²) in [5.41, 5.74) is 3.46. The first kappa shape index (κ1) is 16.1. The van der Waals surface area contributed by atoms with Crippen molar-refractivity contribution in [3.8, 4) is 0 Å². The van der Waals surface area contributed by atoms with Crippen molar-refractivity contribution in [2.24, 2.45) is 0 Å². The molecule has 0 saturated carbocycles. The number of rotatable bonds is 7. The molecule has 2 N–H and O–H groups in total. The number of carbonyl (C=O) groups is 2. The number of fused-ring (bicyclic) bond motifs is 1. The summed E-state index contributed by atoms with van der Waals surface area (Å²) in [4.78, 5) is 27.4. The first-order valence-electron chi connectivity index (χ1n) is 7.50. The number of carbonyl (C=O) groups excluding carboxylic acids is 1. The Morgan fingerprint density at radius 2 is 2.05 bits per heavy atom. The molecular formula is C17H22N2O3. The van der Waals surface area contributed by atoms with E-state index in [0.717, 1.165) is 11.1 Å². The highest BCUT2D eigenvalue weighted by Gasteiger charge is 2.11. The van der Waals surface area contributed by atoms with Crippen LogP contribution in [0.4, 0.5) is 0 Å². The van der Waals surface area contributed by atoms with E-state index in [1.54, 1.807) is 11.9 Å². The second-order valence-corrected chi connectivity index (χ2v) is 5.62. The molecule has 0 aliphatic rings. The molecule has 2 aromatic rings. The summed E-state index contributed by atoms with van der Waals surface area (Å²) in [7, 11) is 1.73. The molecule has 0 aliphatic carbocycles. The van der Waals surface area contributed by atoms with Crippen molar-refractivity contribution in [3.63, 3.8) is 0 Å². The van der Waals surface area contributed by atoms with Crippen LogP contribution in [0.1, 0.15) is 30.4 Å². The molecule has 0 atom stereocenters. The number of carboxylic acids is 1. The monoisotopic (exact) mass is 302 g/mol. The predicted octanol–water partition coefficient (Wildman–Crippen LogP) is 2.73. The van der Waals surface area contributed by atoms with Crippen LogP contribution in [-0.4, -0.2) is 40.5 Å². The number of benzene rings is 1. The van der Waals surface area contributed by atoms with Crippen LogP contribution in [0, 0.1) is 6.92 Å². The average Bonchev–Trinajstić information content (AvgIpc) is 2.89. The fourth-order valence-electron chi connectivity index (χ4n) is 2.60. The van der Waals surface area contributed by atoms with Gasteiger partial charge in [0, 0.05) is 43.5 Å². The molecule has 0 fully saturated rings. The third-order valence-electron chi connectivity index (χ3n) is 3.93. The van der Waals surface area contributed by atoms with Gasteiger partial charge in [-0.05, 0) is 30.9 Å². The Kier molecular flexibility index (Phi) is 5.20. The maximum atomic E-state index is 12.1. The molecule has 5 nitrogen and oxygen atoms in total. The van der Waals surface area contributed by atoms with Crippen LogP contribution in [0.25, 0.3) is 10.9 Å². The van der Waals surface area contributed by atoms with Crippen molar-refractivity contribution < 1.29 is 14.7 Å². The number of amides is 1. The number of hydrogen-bond acceptors (Lipinski definition) is 2. The quantitative estimate of drug-likeness (QED) is 0.826. The van der Waals surface area contributed by atoms with Crippen molar-refractivity contribution in [2.45, 2.75) is 32.6 Å². The molecule has 0 bridgehead atoms. The Morgan fingerprint density at radius 3 is 2.77 bits per heavy atom. The molecule has 118 valence electrons. The average molecular weight is 302 g/mol. The highest BCUT2D eigenvalue weighted by atomic mass is 16.4. The molecule has 22 heavy (non-hydrogen) atoms. The molecule has 2 rings (SSSR count). The molecule has 0 radical (unpaired) electrons. The van der Waals surface area contributed by atoms with Crippen molar-refractivity contribution in [3.05, 3.63) is 35.5 Å². The number of nitrogens with one attached hydrogen (secondary N) is 1. The number of carboxylic acid groups (broad SMARTS) is 1. The summed E-state index contributed by atoms with van der Waals surface area (Å²) < 4.78 is 0. The normalized spacial score (nSPS) is 10.8. The zero-order valence-electron chi connectivity index (χ0n) is 13.1. The van der Waals surface area contributed by atoms with Gasteiger partial charge in [-0.1, -0.05) is 18.2 Å². The second-order valence-electron chi connectivity index (χ2n) is 5.62. The SMILES string of the molecule is Cc1cccc2c(CCC(=O)N(C)CCCC(=O)O)c[nH]c12. The number of aliphatic carboxylic acids is 1. The summed E-state index contributed by atoms with van der Waals surface area (Å²) in [6, 6.07) is 6.15. The van der Waals surface area contributed by atoms with Gasteiger partial charge < -0.3 is 15.0 Å². The van der Waals surface area contributed by atoms with Crippen LogP contribution in [0.2, 0.25) is 0 Å². The van der Waals surface area contributed by atoms with E-state index in [-0.39, 0.29) is 12.3 Å². The minimum Gasteiger partial charge on any atom is -0.481 e. The summed E-state index contributed by atoms with van der Waals surface area (Å²) >= 11 is 0. The van der Waals surface area contributed by atoms with Crippen molar-refractivity contribution in [2.75, 3.05) is 13.6 Å². The van der Waals surface area contributed by atoms with Crippen molar-refractivity contribution in [1.29, 1.82) is 0 Å². The van der Waals surface area contributed by atoms with Crippen LogP contribution < -0.4 is 0 Å². The van der Waals surface area contributed by atoms with E-state index in [1.807, 2.05) is 12.3 Å². The Hall–Kier alpha value is -2.30. The second kappa shape index (κ2) is 7.11. The first-order valence-corrected chi connectivity index (χ1v) is 7.50. The highest BCUT2D eigenvalue weighted by molar-refractivity contribution is 5.86. The standard InChI is InChI=1S/C17H22N2O3/c1-12-5-3-6-14-13(11-18-17(12)14)8-9-15(20)19(2)10-4-7-16(21)22/h3,5-6,11,18H,4,7-10H2,1-2H3,(H,21,22). The number of H-pyrrole nitrogens is 1. The van der Waals surface area contributed by atoms with Gasteiger partial charge in [-0.2, -0.15) is 0 Å². The van der Waals surface area contributed by atoms with Gasteiger partial charge in [-0.15, -0.1) is 0 Å². The summed E-state index contributed by atoms with van der Waals surface area (Å²) in [5, 5.41) is 9.78. The summed E-state index contributed by atoms with van der Waals surface area (Å²) in [6.45, 7) is 2.54. The number of aromatic nitrogens is 1. The van der Waals surface area contributed by atoms with Gasteiger partial charge in [-0.25, -0.2) is 0 Å². The lowest BCUT2D eigenvalue weighted by Gasteiger charge is -2.16. The number of hydrogen-bond donors (Lipinski definition) is 2. The maximum absolute atomic E-state index is 12.1. The number of nitrogens with zero attached hydrogens (tertiary/aromatic N) is 1. The van der Waals surface area contributed by atoms with E-state index in [2.05, 4.69) is 24.0 Å². The lowest BCUT2D eigenvalue weighted by atomic mass is 10.1. The zero-order valence-corrected chi connectivity index (χ0v) is 13.1. The maximum Gasteiger partial charge on any atom is 0.303 e. The van der Waals surface area contributed by atoms with Crippen LogP contribution in [-0.2, 0) is 16.0 Å². The van der Waals surface area contributed by atoms with E-state index in [4.69, 9.17) is 5.11 Å². The van der Waals surface area contributed by atoms with Crippen LogP contribution in [0.3, 0.4) is 0 Å². The topological polar surface area (TPSA) is 73.4 Å². The van der Waals surface area contributed by atoms with Crippen molar-refractivity contribution in [1.82, 2.24) is 9.88 Å². The van der Waals surface area contributed by atoms with Gasteiger partial charge in [0.05, 0.1) is 0 Å². The largest absolute Gasteiger partial charge is 0.481 e. The Labute approximate surface area is 129 Å². The Morgan fingerprint density at radius 1 is 1.27 bits per heavy atom. The molecular weight excluding hydrogens is 280 g/mol. The fraction of sp³-hybridized carbons (Fsp3) is 0.412. The van der Waals surface area contributed by atoms with E-state index in [0.29, 0.717) is 25.8 Å². The molecule has 1 heterocycles. The van der Waals surface area contributed by atoms with Crippen LogP contribution in [0.15, 0.2) is 24.4 Å². The Balaban J connectivity index is 1.90. The molecule has 0 aliphatic heterocycles. The van der Waals surface area contributed by atoms with Gasteiger partial charge in [0.2, 0.25) is 5.91 Å². The highest BCUT2D eigenvalue weighted by Crippen LogP contribution is 2.22. The van der Waals surface area contributed by atoms with E-state index >= 15 is 0 Å². The smallest absolute Gasteiger partial charge is 0.303 e. The molecule has 1 aromatic heterocycles. The van der Waals surface area contributed by atoms with E-state index in [9.17, 15) is 9.59 Å². The number of aromatic amines is 1. The molecule has 0 unspecified atom stereocenters. The molecule has 5 heteroatoms. The van der Waals surface area contributed by atoms with E-state index < -0.39 is 5.97 Å². The lowest BCUT2D eigenvalue weighted by Crippen LogP contribution is -2.28. The lowest BCUT2D eigenvalue weighted by molar-refractivity contribution is -0.138. The van der Waals surface area contributed by atoms with Gasteiger partial charge >= 0.3 is 5.97 Å². The van der Waals surface area contributed by atoms with Gasteiger partial charge in [0.25, 0.3) is 0 Å². The summed E-state index contributed by atoms with van der Waals surface area (Å²) in [5.74, 6) is -0.776. The van der Waals surface area contributed by atoms with E-state index in [1.165, 1.54) is 10.9 Å². The van der Waals surface area contributed by atoms with Gasteiger partial charge in [0.15, 0.2) is 0 Å². The summed E-state index contributed by atoms with van der Waals surface area (Å²) in [6.07, 6.45) is 3.68. The zero-order chi connectivity index (χ0) is 16.1. The minimum absolute atomic E-state index is 0.0485. The molecule has 1 aromatic carbocycles. The molecule has 0 spiro atoms. The Bertz CT molecular complexity index is 676. The fourth-order valence-corrected chi connectivity index (χ4v) is 2.60. The van der Waals surface area contributed by atoms with Crippen LogP contribution in [0.5, 0.6) is 0 Å². The molecule has 0 saturated heterocycles. The number of para-hydroxylation sites is 1. The minimum atomic E-state index is -0.824.